The molecule has 7 nitrogen and oxygen atoms in total. The smallest absolute Gasteiger partial charge is 0.276 e. The van der Waals surface area contributed by atoms with Gasteiger partial charge in [0.2, 0.25) is 0 Å². The Morgan fingerprint density at radius 1 is 1.36 bits per heavy atom. The van der Waals surface area contributed by atoms with Crippen LogP contribution in [0.2, 0.25) is 18.1 Å². The average Bonchev–Trinajstić information content (AvgIpc) is 3.04. The number of nitrogens with zero attached hydrogens (tertiary/aromatic N) is 2. The van der Waals surface area contributed by atoms with Crippen LogP contribution < -0.4 is 9.44 Å². The van der Waals surface area contributed by atoms with Gasteiger partial charge < -0.3 is 4.43 Å². The summed E-state index contributed by atoms with van der Waals surface area (Å²) in [5, 5.41) is 1.22. The molecule has 1 aromatic rings. The van der Waals surface area contributed by atoms with E-state index in [0.29, 0.717) is 0 Å². The topological polar surface area (TPSA) is 83.6 Å². The van der Waals surface area contributed by atoms with E-state index in [1.165, 1.54) is 11.9 Å². The summed E-state index contributed by atoms with van der Waals surface area (Å²) >= 11 is 1.72. The van der Waals surface area contributed by atoms with Gasteiger partial charge in [-0.05, 0) is 37.9 Å². The van der Waals surface area contributed by atoms with Gasteiger partial charge in [-0.15, -0.1) is 11.3 Å². The second-order valence-electron chi connectivity index (χ2n) is 9.06. The number of piperidine rings is 1. The highest BCUT2D eigenvalue weighted by molar-refractivity contribution is 7.87. The third-order valence-electron chi connectivity index (χ3n) is 5.75. The van der Waals surface area contributed by atoms with Crippen LogP contribution in [0.15, 0.2) is 6.20 Å². The van der Waals surface area contributed by atoms with E-state index >= 15 is 0 Å². The lowest BCUT2D eigenvalue weighted by atomic mass is 10.1. The molecule has 2 N–H and O–H groups in total. The molecule has 10 heteroatoms. The van der Waals surface area contributed by atoms with Crippen molar-refractivity contribution >= 4 is 29.9 Å². The molecular weight excluding hydrogens is 412 g/mol. The molecule has 0 unspecified atom stereocenters. The lowest BCUT2D eigenvalue weighted by molar-refractivity contribution is 0.201. The Balaban J connectivity index is 1.87. The Hall–Kier alpha value is -0.363. The SMILES string of the molecule is CNS(=O)(=O)NC1CCN(Cc2cnc([C@H](C)O[Si](C)(C)C(C)(C)C)s2)CC1. The summed E-state index contributed by atoms with van der Waals surface area (Å²) in [6, 6.07) is 0.00346. The quantitative estimate of drug-likeness (QED) is 0.597. The number of aromatic nitrogens is 1. The predicted molar refractivity (Wildman–Crippen MR) is 118 cm³/mol. The fourth-order valence-electron chi connectivity index (χ4n) is 2.96. The lowest BCUT2D eigenvalue weighted by Crippen LogP contribution is -2.47. The van der Waals surface area contributed by atoms with Crippen LogP contribution in [0.25, 0.3) is 0 Å². The third-order valence-corrected chi connectivity index (χ3v) is 12.6. The van der Waals surface area contributed by atoms with E-state index in [4.69, 9.17) is 4.43 Å². The third kappa shape index (κ3) is 6.58. The Kier molecular flexibility index (Phi) is 7.85. The highest BCUT2D eigenvalue weighted by Crippen LogP contribution is 2.40. The summed E-state index contributed by atoms with van der Waals surface area (Å²) in [5.41, 5.74) is 0. The van der Waals surface area contributed by atoms with Gasteiger partial charge in [-0.2, -0.15) is 13.1 Å². The molecule has 0 aliphatic carbocycles. The molecule has 1 aliphatic heterocycles. The Labute approximate surface area is 175 Å². The van der Waals surface area contributed by atoms with Gasteiger partial charge in [-0.1, -0.05) is 20.8 Å². The fourth-order valence-corrected chi connectivity index (χ4v) is 6.13. The minimum absolute atomic E-state index is 0.00346. The molecule has 2 rings (SSSR count). The summed E-state index contributed by atoms with van der Waals surface area (Å²) in [7, 11) is -3.76. The Bertz CT molecular complexity index is 738. The van der Waals surface area contributed by atoms with Crippen LogP contribution in [-0.2, 0) is 21.2 Å². The molecule has 1 aromatic heterocycles. The first-order valence-electron chi connectivity index (χ1n) is 9.88. The van der Waals surface area contributed by atoms with Crippen LogP contribution in [0, 0.1) is 0 Å². The molecule has 162 valence electrons. The van der Waals surface area contributed by atoms with Gasteiger partial charge in [0.05, 0.1) is 6.10 Å². The van der Waals surface area contributed by atoms with E-state index in [2.05, 4.69) is 60.1 Å². The van der Waals surface area contributed by atoms with Crippen molar-refractivity contribution in [3.63, 3.8) is 0 Å². The molecule has 1 atom stereocenters. The van der Waals surface area contributed by atoms with Crippen molar-refractivity contribution in [3.8, 4) is 0 Å². The summed E-state index contributed by atoms with van der Waals surface area (Å²) < 4.78 is 34.7. The van der Waals surface area contributed by atoms with Crippen molar-refractivity contribution in [2.75, 3.05) is 20.1 Å². The highest BCUT2D eigenvalue weighted by atomic mass is 32.2. The standard InChI is InChI=1S/C18H36N4O3S2Si/c1-14(25-28(6,7)18(2,3)4)17-20-12-16(26-17)13-22-10-8-15(9-11-22)21-27(23,24)19-5/h12,14-15,19,21H,8-11,13H2,1-7H3/t14-/m0/s1. The van der Waals surface area contributed by atoms with Crippen molar-refractivity contribution in [2.45, 2.75) is 77.4 Å². The van der Waals surface area contributed by atoms with Crippen LogP contribution >= 0.6 is 11.3 Å². The normalized spacial score (nSPS) is 19.1. The highest BCUT2D eigenvalue weighted by Gasteiger charge is 2.39. The summed E-state index contributed by atoms with van der Waals surface area (Å²) in [6.45, 7) is 16.0. The van der Waals surface area contributed by atoms with E-state index in [-0.39, 0.29) is 17.2 Å². The van der Waals surface area contributed by atoms with Crippen LogP contribution in [-0.4, -0.2) is 52.8 Å². The van der Waals surface area contributed by atoms with Crippen LogP contribution in [0.5, 0.6) is 0 Å². The zero-order valence-electron chi connectivity index (χ0n) is 18.2. The molecule has 0 bridgehead atoms. The van der Waals surface area contributed by atoms with Crippen LogP contribution in [0.1, 0.15) is 56.5 Å². The number of nitrogens with one attached hydrogen (secondary N) is 2. The second-order valence-corrected chi connectivity index (χ2v) is 16.6. The van der Waals surface area contributed by atoms with E-state index in [1.54, 1.807) is 11.3 Å². The molecular formula is C18H36N4O3S2Si. The van der Waals surface area contributed by atoms with Crippen molar-refractivity contribution < 1.29 is 12.8 Å². The second kappa shape index (κ2) is 9.19. The lowest BCUT2D eigenvalue weighted by Gasteiger charge is -2.38. The van der Waals surface area contributed by atoms with Crippen molar-refractivity contribution in [3.05, 3.63) is 16.1 Å². The molecule has 1 aliphatic rings. The van der Waals surface area contributed by atoms with Crippen LogP contribution in [0.4, 0.5) is 0 Å². The van der Waals surface area contributed by atoms with E-state index in [9.17, 15) is 8.42 Å². The van der Waals surface area contributed by atoms with Gasteiger partial charge in [-0.3, -0.25) is 4.90 Å². The number of rotatable bonds is 8. The van der Waals surface area contributed by atoms with Crippen molar-refractivity contribution in [2.24, 2.45) is 0 Å². The van der Waals surface area contributed by atoms with E-state index in [1.807, 2.05) is 6.20 Å². The Morgan fingerprint density at radius 3 is 2.50 bits per heavy atom. The predicted octanol–water partition coefficient (Wildman–Crippen LogP) is 3.24. The van der Waals surface area contributed by atoms with Gasteiger partial charge in [0.25, 0.3) is 10.2 Å². The van der Waals surface area contributed by atoms with Gasteiger partial charge >= 0.3 is 0 Å². The van der Waals surface area contributed by atoms with E-state index in [0.717, 1.165) is 37.5 Å². The zero-order valence-corrected chi connectivity index (χ0v) is 20.8. The molecule has 28 heavy (non-hydrogen) atoms. The maximum Gasteiger partial charge on any atom is 0.276 e. The number of hydrogen-bond acceptors (Lipinski definition) is 6. The molecule has 0 radical (unpaired) electrons. The average molecular weight is 449 g/mol. The van der Waals surface area contributed by atoms with E-state index < -0.39 is 18.5 Å². The molecule has 0 amide bonds. The summed E-state index contributed by atoms with van der Waals surface area (Å²) in [5.74, 6) is 0. The maximum absolute atomic E-state index is 11.6. The summed E-state index contributed by atoms with van der Waals surface area (Å²) in [6.07, 6.45) is 3.61. The van der Waals surface area contributed by atoms with Gasteiger partial charge in [0.15, 0.2) is 8.32 Å². The number of thiazole rings is 1. The Morgan fingerprint density at radius 2 is 1.96 bits per heavy atom. The molecule has 1 saturated heterocycles. The van der Waals surface area contributed by atoms with Crippen LogP contribution in [0.3, 0.4) is 0 Å². The number of likely N-dealkylation sites (tertiary alicyclic amines) is 1. The van der Waals surface area contributed by atoms with Gasteiger partial charge in [0.1, 0.15) is 5.01 Å². The molecule has 2 heterocycles. The number of hydrogen-bond donors (Lipinski definition) is 2. The maximum atomic E-state index is 11.6. The molecule has 0 saturated carbocycles. The first-order valence-corrected chi connectivity index (χ1v) is 15.1. The van der Waals surface area contributed by atoms with Gasteiger partial charge in [-0.25, -0.2) is 9.71 Å². The monoisotopic (exact) mass is 448 g/mol. The largest absolute Gasteiger partial charge is 0.408 e. The van der Waals surface area contributed by atoms with Gasteiger partial charge in [0, 0.05) is 43.8 Å². The minimum atomic E-state index is -3.36. The first kappa shape index (κ1) is 23.9. The molecule has 1 fully saturated rings. The van der Waals surface area contributed by atoms with Crippen molar-refractivity contribution in [1.29, 1.82) is 0 Å². The minimum Gasteiger partial charge on any atom is -0.408 e. The molecule has 0 aromatic carbocycles. The first-order chi connectivity index (χ1) is 12.8. The fraction of sp³-hybridized carbons (Fsp3) is 0.833. The summed E-state index contributed by atoms with van der Waals surface area (Å²) in [4.78, 5) is 8.20. The van der Waals surface area contributed by atoms with Crippen molar-refractivity contribution in [1.82, 2.24) is 19.3 Å². The zero-order chi connectivity index (χ0) is 21.2. The molecule has 0 spiro atoms.